The van der Waals surface area contributed by atoms with Crippen LogP contribution in [0.5, 0.6) is 0 Å². The predicted molar refractivity (Wildman–Crippen MR) is 94.5 cm³/mol. The molecule has 3 heteroatoms. The molecule has 3 nitrogen and oxygen atoms in total. The maximum absolute atomic E-state index is 9.65. The second kappa shape index (κ2) is 5.21. The van der Waals surface area contributed by atoms with Crippen molar-refractivity contribution in [1.29, 1.82) is 5.26 Å². The summed E-state index contributed by atoms with van der Waals surface area (Å²) in [6.07, 6.45) is 2.02. The van der Waals surface area contributed by atoms with Gasteiger partial charge in [-0.15, -0.1) is 0 Å². The van der Waals surface area contributed by atoms with Crippen LogP contribution in [0.15, 0.2) is 53.1 Å². The van der Waals surface area contributed by atoms with Gasteiger partial charge in [-0.3, -0.25) is 0 Å². The predicted octanol–water partition coefficient (Wildman–Crippen LogP) is 4.57. The van der Waals surface area contributed by atoms with Gasteiger partial charge in [0, 0.05) is 22.9 Å². The molecule has 4 aromatic rings. The molecule has 0 aliphatic heterocycles. The van der Waals surface area contributed by atoms with Crippen LogP contribution in [0.1, 0.15) is 16.7 Å². The molecule has 0 aliphatic rings. The molecule has 2 aromatic heterocycles. The van der Waals surface area contributed by atoms with Crippen LogP contribution < -0.4 is 4.57 Å². The van der Waals surface area contributed by atoms with Gasteiger partial charge in [0.25, 0.3) is 0 Å². The first-order chi connectivity index (χ1) is 11.6. The second-order valence-corrected chi connectivity index (χ2v) is 6.18. The van der Waals surface area contributed by atoms with Crippen molar-refractivity contribution in [3.05, 3.63) is 65.4 Å². The Labute approximate surface area is 140 Å². The van der Waals surface area contributed by atoms with Gasteiger partial charge < -0.3 is 4.42 Å². The molecule has 24 heavy (non-hydrogen) atoms. The Morgan fingerprint density at radius 1 is 1.00 bits per heavy atom. The quantitative estimate of drug-likeness (QED) is 0.483. The van der Waals surface area contributed by atoms with Crippen LogP contribution in [0.3, 0.4) is 0 Å². The zero-order chi connectivity index (χ0) is 16.8. The fourth-order valence-corrected chi connectivity index (χ4v) is 3.48. The standard InChI is InChI=1S/C21H17N2O/c1-13-7-6-9-17-19(13)20-15(12-22)11-14(2)18(21(20)24-17)16-8-4-5-10-23(16)3/h4-11H,1-3H3/q+1. The lowest BCUT2D eigenvalue weighted by Crippen LogP contribution is -2.30. The normalized spacial score (nSPS) is 11.1. The molecule has 0 amide bonds. The number of rotatable bonds is 1. The van der Waals surface area contributed by atoms with E-state index in [0.29, 0.717) is 5.56 Å². The number of hydrogen-bond acceptors (Lipinski definition) is 2. The molecule has 2 heterocycles. The molecule has 116 valence electrons. The van der Waals surface area contributed by atoms with E-state index in [1.807, 2.05) is 50.5 Å². The minimum absolute atomic E-state index is 0.665. The summed E-state index contributed by atoms with van der Waals surface area (Å²) in [6, 6.07) is 16.4. The Morgan fingerprint density at radius 3 is 2.58 bits per heavy atom. The highest BCUT2D eigenvalue weighted by Crippen LogP contribution is 2.40. The van der Waals surface area contributed by atoms with Crippen LogP contribution in [0.25, 0.3) is 33.2 Å². The summed E-state index contributed by atoms with van der Waals surface area (Å²) in [5, 5.41) is 11.6. The van der Waals surface area contributed by atoms with E-state index in [2.05, 4.69) is 29.7 Å². The fourth-order valence-electron chi connectivity index (χ4n) is 3.48. The van der Waals surface area contributed by atoms with Crippen molar-refractivity contribution in [1.82, 2.24) is 0 Å². The van der Waals surface area contributed by atoms with E-state index >= 15 is 0 Å². The third-order valence-electron chi connectivity index (χ3n) is 4.61. The highest BCUT2D eigenvalue weighted by atomic mass is 16.3. The second-order valence-electron chi connectivity index (χ2n) is 6.18. The molecule has 0 saturated heterocycles. The molecule has 0 radical (unpaired) electrons. The van der Waals surface area contributed by atoms with Crippen LogP contribution in [-0.4, -0.2) is 0 Å². The lowest BCUT2D eigenvalue weighted by molar-refractivity contribution is -0.660. The van der Waals surface area contributed by atoms with Crippen molar-refractivity contribution < 1.29 is 8.98 Å². The van der Waals surface area contributed by atoms with Gasteiger partial charge in [-0.05, 0) is 43.2 Å². The average molecular weight is 313 g/mol. The minimum atomic E-state index is 0.665. The van der Waals surface area contributed by atoms with E-state index < -0.39 is 0 Å². The number of furan rings is 1. The molecular formula is C21H17N2O+. The smallest absolute Gasteiger partial charge is 0.216 e. The molecule has 0 fully saturated rings. The van der Waals surface area contributed by atoms with Gasteiger partial charge in [-0.25, -0.2) is 4.57 Å². The molecule has 0 aliphatic carbocycles. The fraction of sp³-hybridized carbons (Fsp3) is 0.143. The van der Waals surface area contributed by atoms with E-state index in [4.69, 9.17) is 4.42 Å². The van der Waals surface area contributed by atoms with E-state index in [9.17, 15) is 5.26 Å². The van der Waals surface area contributed by atoms with Gasteiger partial charge in [0.1, 0.15) is 12.6 Å². The zero-order valence-electron chi connectivity index (χ0n) is 13.9. The van der Waals surface area contributed by atoms with Crippen LogP contribution in [0.2, 0.25) is 0 Å². The first-order valence-corrected chi connectivity index (χ1v) is 7.92. The maximum atomic E-state index is 9.65. The summed E-state index contributed by atoms with van der Waals surface area (Å²) < 4.78 is 8.31. The first-order valence-electron chi connectivity index (χ1n) is 7.92. The molecule has 0 spiro atoms. The van der Waals surface area contributed by atoms with Crippen molar-refractivity contribution in [3.8, 4) is 17.3 Å². The molecule has 0 atom stereocenters. The van der Waals surface area contributed by atoms with Crippen LogP contribution in [0.4, 0.5) is 0 Å². The summed E-state index contributed by atoms with van der Waals surface area (Å²) in [5.74, 6) is 0. The Hall–Kier alpha value is -3.12. The highest BCUT2D eigenvalue weighted by Gasteiger charge is 2.23. The monoisotopic (exact) mass is 313 g/mol. The van der Waals surface area contributed by atoms with Crippen molar-refractivity contribution in [2.45, 2.75) is 13.8 Å². The summed E-state index contributed by atoms with van der Waals surface area (Å²) >= 11 is 0. The van der Waals surface area contributed by atoms with Crippen molar-refractivity contribution in [2.24, 2.45) is 7.05 Å². The first kappa shape index (κ1) is 14.5. The van der Waals surface area contributed by atoms with E-state index in [1.165, 1.54) is 0 Å². The van der Waals surface area contributed by atoms with Crippen LogP contribution in [0, 0.1) is 25.2 Å². The Kier molecular flexibility index (Phi) is 3.14. The maximum Gasteiger partial charge on any atom is 0.216 e. The summed E-state index contributed by atoms with van der Waals surface area (Å²) in [4.78, 5) is 0. The Morgan fingerprint density at radius 2 is 1.83 bits per heavy atom. The van der Waals surface area contributed by atoms with E-state index in [1.54, 1.807) is 0 Å². The lowest BCUT2D eigenvalue weighted by Gasteiger charge is -2.06. The molecule has 4 rings (SSSR count). The number of hydrogen-bond donors (Lipinski definition) is 0. The summed E-state index contributed by atoms with van der Waals surface area (Å²) in [7, 11) is 2.02. The molecule has 0 bridgehead atoms. The number of benzene rings is 2. The highest BCUT2D eigenvalue weighted by molar-refractivity contribution is 6.13. The third kappa shape index (κ3) is 1.93. The number of aryl methyl sites for hydroxylation is 3. The summed E-state index contributed by atoms with van der Waals surface area (Å²) in [6.45, 7) is 4.09. The Balaban J connectivity index is 2.27. The average Bonchev–Trinajstić information content (AvgIpc) is 2.96. The number of pyridine rings is 1. The molecule has 0 saturated carbocycles. The van der Waals surface area contributed by atoms with Crippen LogP contribution >= 0.6 is 0 Å². The van der Waals surface area contributed by atoms with Gasteiger partial charge in [-0.1, -0.05) is 12.1 Å². The van der Waals surface area contributed by atoms with E-state index in [0.717, 1.165) is 44.3 Å². The van der Waals surface area contributed by atoms with Gasteiger partial charge in [0.05, 0.1) is 17.2 Å². The number of nitrogens with zero attached hydrogens (tertiary/aromatic N) is 2. The van der Waals surface area contributed by atoms with Gasteiger partial charge in [-0.2, -0.15) is 5.26 Å². The largest absolute Gasteiger partial charge is 0.455 e. The van der Waals surface area contributed by atoms with Crippen molar-refractivity contribution in [2.75, 3.05) is 0 Å². The molecule has 0 N–H and O–H groups in total. The van der Waals surface area contributed by atoms with Crippen molar-refractivity contribution in [3.63, 3.8) is 0 Å². The zero-order valence-corrected chi connectivity index (χ0v) is 13.9. The number of aromatic nitrogens is 1. The van der Waals surface area contributed by atoms with Gasteiger partial charge >= 0.3 is 0 Å². The SMILES string of the molecule is Cc1cc(C#N)c2c(oc3cccc(C)c32)c1-c1cccc[n+]1C. The number of fused-ring (bicyclic) bond motifs is 3. The third-order valence-corrected chi connectivity index (χ3v) is 4.61. The minimum Gasteiger partial charge on any atom is -0.455 e. The van der Waals surface area contributed by atoms with Crippen molar-refractivity contribution >= 4 is 21.9 Å². The molecular weight excluding hydrogens is 296 g/mol. The summed E-state index contributed by atoms with van der Waals surface area (Å²) in [5.41, 5.74) is 6.55. The lowest BCUT2D eigenvalue weighted by atomic mass is 9.95. The van der Waals surface area contributed by atoms with Gasteiger partial charge in [0.15, 0.2) is 11.8 Å². The Bertz CT molecular complexity index is 1150. The van der Waals surface area contributed by atoms with E-state index in [-0.39, 0.29) is 0 Å². The molecule has 2 aromatic carbocycles. The van der Waals surface area contributed by atoms with Gasteiger partial charge in [0.2, 0.25) is 5.69 Å². The molecule has 0 unspecified atom stereocenters. The van der Waals surface area contributed by atoms with Crippen LogP contribution in [-0.2, 0) is 7.05 Å². The number of nitriles is 1. The topological polar surface area (TPSA) is 40.8 Å².